The zero-order chi connectivity index (χ0) is 17.6. The molecule has 25 heavy (non-hydrogen) atoms. The first-order valence-electron chi connectivity index (χ1n) is 8.87. The van der Waals surface area contributed by atoms with Crippen molar-refractivity contribution in [2.24, 2.45) is 5.92 Å². The first-order chi connectivity index (χ1) is 12.1. The van der Waals surface area contributed by atoms with Crippen LogP contribution < -0.4 is 5.32 Å². The second kappa shape index (κ2) is 8.49. The fourth-order valence-electron chi connectivity index (χ4n) is 3.07. The zero-order valence-electron chi connectivity index (χ0n) is 14.8. The van der Waals surface area contributed by atoms with E-state index < -0.39 is 0 Å². The smallest absolute Gasteiger partial charge is 0.223 e. The van der Waals surface area contributed by atoms with Gasteiger partial charge in [0.25, 0.3) is 0 Å². The van der Waals surface area contributed by atoms with Gasteiger partial charge in [-0.1, -0.05) is 0 Å². The molecule has 0 saturated carbocycles. The maximum Gasteiger partial charge on any atom is 0.223 e. The molecule has 1 aliphatic rings. The summed E-state index contributed by atoms with van der Waals surface area (Å²) in [5, 5.41) is 5.90. The van der Waals surface area contributed by atoms with Gasteiger partial charge < -0.3 is 10.2 Å². The Kier molecular flexibility index (Phi) is 6.09. The van der Waals surface area contributed by atoms with E-state index in [0.717, 1.165) is 43.1 Å². The van der Waals surface area contributed by atoms with E-state index in [9.17, 15) is 4.79 Å². The SMILES string of the molecule is CC(C)N1CCC(C(=O)NCCc2csc(-c3ncccn3)n2)CC1. The number of likely N-dealkylation sites (tertiary alicyclic amines) is 1. The normalized spacial score (nSPS) is 16.3. The summed E-state index contributed by atoms with van der Waals surface area (Å²) in [6.45, 7) is 7.08. The van der Waals surface area contributed by atoms with E-state index in [4.69, 9.17) is 0 Å². The summed E-state index contributed by atoms with van der Waals surface area (Å²) in [6.07, 6.45) is 6.08. The van der Waals surface area contributed by atoms with Gasteiger partial charge in [-0.05, 0) is 45.8 Å². The largest absolute Gasteiger partial charge is 0.355 e. The van der Waals surface area contributed by atoms with Crippen molar-refractivity contribution in [3.05, 3.63) is 29.5 Å². The van der Waals surface area contributed by atoms with E-state index in [1.54, 1.807) is 18.5 Å². The van der Waals surface area contributed by atoms with Crippen molar-refractivity contribution in [1.82, 2.24) is 25.2 Å². The van der Waals surface area contributed by atoms with Crippen LogP contribution in [-0.4, -0.2) is 51.4 Å². The standard InChI is InChI=1S/C18H25N5OS/c1-13(2)23-10-5-14(6-11-23)17(24)21-9-4-15-12-25-18(22-15)16-19-7-3-8-20-16/h3,7-8,12-14H,4-6,9-11H2,1-2H3,(H,21,24). The van der Waals surface area contributed by atoms with Crippen molar-refractivity contribution in [2.75, 3.05) is 19.6 Å². The number of piperidine rings is 1. The number of hydrogen-bond donors (Lipinski definition) is 1. The van der Waals surface area contributed by atoms with Gasteiger partial charge in [0, 0.05) is 42.7 Å². The Hall–Kier alpha value is -1.86. The maximum absolute atomic E-state index is 12.3. The van der Waals surface area contributed by atoms with Gasteiger partial charge >= 0.3 is 0 Å². The summed E-state index contributed by atoms with van der Waals surface area (Å²) < 4.78 is 0. The molecule has 3 rings (SSSR count). The molecule has 1 fully saturated rings. The highest BCUT2D eigenvalue weighted by atomic mass is 32.1. The lowest BCUT2D eigenvalue weighted by molar-refractivity contribution is -0.126. The van der Waals surface area contributed by atoms with Gasteiger partial charge in [0.2, 0.25) is 5.91 Å². The molecule has 134 valence electrons. The summed E-state index contributed by atoms with van der Waals surface area (Å²) in [6, 6.07) is 2.36. The van der Waals surface area contributed by atoms with Gasteiger partial charge in [-0.2, -0.15) is 0 Å². The third-order valence-electron chi connectivity index (χ3n) is 4.62. The molecule has 6 nitrogen and oxygen atoms in total. The molecule has 0 unspecified atom stereocenters. The van der Waals surface area contributed by atoms with E-state index >= 15 is 0 Å². The molecule has 1 saturated heterocycles. The van der Waals surface area contributed by atoms with Crippen LogP contribution in [0.2, 0.25) is 0 Å². The van der Waals surface area contributed by atoms with E-state index in [1.807, 2.05) is 5.38 Å². The zero-order valence-corrected chi connectivity index (χ0v) is 15.6. The molecule has 2 aromatic heterocycles. The molecular formula is C18H25N5OS. The van der Waals surface area contributed by atoms with Crippen molar-refractivity contribution in [2.45, 2.75) is 39.2 Å². The second-order valence-electron chi connectivity index (χ2n) is 6.66. The number of carbonyl (C=O) groups is 1. The van der Waals surface area contributed by atoms with Crippen LogP contribution in [0.1, 0.15) is 32.4 Å². The van der Waals surface area contributed by atoms with E-state index in [1.165, 1.54) is 11.3 Å². The second-order valence-corrected chi connectivity index (χ2v) is 7.52. The average Bonchev–Trinajstić information content (AvgIpc) is 3.11. The van der Waals surface area contributed by atoms with Crippen molar-refractivity contribution < 1.29 is 4.79 Å². The van der Waals surface area contributed by atoms with Crippen molar-refractivity contribution >= 4 is 17.2 Å². The molecule has 1 amide bonds. The van der Waals surface area contributed by atoms with Gasteiger partial charge in [-0.3, -0.25) is 4.79 Å². The van der Waals surface area contributed by atoms with Gasteiger partial charge in [0.1, 0.15) is 0 Å². The molecule has 0 aromatic carbocycles. The molecule has 2 aromatic rings. The van der Waals surface area contributed by atoms with Crippen LogP contribution in [0.25, 0.3) is 10.8 Å². The van der Waals surface area contributed by atoms with Crippen LogP contribution >= 0.6 is 11.3 Å². The summed E-state index contributed by atoms with van der Waals surface area (Å²) in [5.41, 5.74) is 0.974. The number of amides is 1. The Bertz CT molecular complexity index is 680. The predicted octanol–water partition coefficient (Wildman–Crippen LogP) is 2.38. The number of nitrogens with zero attached hydrogens (tertiary/aromatic N) is 4. The van der Waals surface area contributed by atoms with Crippen molar-refractivity contribution in [1.29, 1.82) is 0 Å². The molecule has 3 heterocycles. The van der Waals surface area contributed by atoms with Crippen LogP contribution in [0.5, 0.6) is 0 Å². The Morgan fingerprint density at radius 1 is 1.32 bits per heavy atom. The topological polar surface area (TPSA) is 71.0 Å². The Labute approximate surface area is 152 Å². The monoisotopic (exact) mass is 359 g/mol. The summed E-state index contributed by atoms with van der Waals surface area (Å²) in [5.74, 6) is 0.990. The third-order valence-corrected chi connectivity index (χ3v) is 5.51. The molecule has 0 bridgehead atoms. The van der Waals surface area contributed by atoms with Crippen LogP contribution in [0.4, 0.5) is 0 Å². The van der Waals surface area contributed by atoms with E-state index in [0.29, 0.717) is 18.4 Å². The van der Waals surface area contributed by atoms with Gasteiger partial charge in [-0.25, -0.2) is 15.0 Å². The van der Waals surface area contributed by atoms with Gasteiger partial charge in [0.05, 0.1) is 5.69 Å². The van der Waals surface area contributed by atoms with E-state index in [-0.39, 0.29) is 11.8 Å². The lowest BCUT2D eigenvalue weighted by atomic mass is 9.95. The van der Waals surface area contributed by atoms with Gasteiger partial charge in [0.15, 0.2) is 10.8 Å². The lowest BCUT2D eigenvalue weighted by Crippen LogP contribution is -2.43. The molecule has 0 aliphatic carbocycles. The maximum atomic E-state index is 12.3. The highest BCUT2D eigenvalue weighted by Gasteiger charge is 2.25. The minimum absolute atomic E-state index is 0.152. The number of carbonyl (C=O) groups excluding carboxylic acids is 1. The van der Waals surface area contributed by atoms with Crippen LogP contribution in [0.3, 0.4) is 0 Å². The summed E-state index contributed by atoms with van der Waals surface area (Å²) >= 11 is 1.54. The van der Waals surface area contributed by atoms with Crippen LogP contribution in [-0.2, 0) is 11.2 Å². The molecular weight excluding hydrogens is 334 g/mol. The highest BCUT2D eigenvalue weighted by molar-refractivity contribution is 7.13. The minimum atomic E-state index is 0.152. The predicted molar refractivity (Wildman–Crippen MR) is 99.3 cm³/mol. The molecule has 0 spiro atoms. The fraction of sp³-hybridized carbons (Fsp3) is 0.556. The van der Waals surface area contributed by atoms with Crippen LogP contribution in [0.15, 0.2) is 23.8 Å². The van der Waals surface area contributed by atoms with Gasteiger partial charge in [-0.15, -0.1) is 11.3 Å². The molecule has 1 aliphatic heterocycles. The number of rotatable bonds is 6. The Morgan fingerprint density at radius 2 is 2.04 bits per heavy atom. The quantitative estimate of drug-likeness (QED) is 0.857. The molecule has 0 radical (unpaired) electrons. The number of hydrogen-bond acceptors (Lipinski definition) is 6. The molecule has 0 atom stereocenters. The van der Waals surface area contributed by atoms with Crippen molar-refractivity contribution in [3.8, 4) is 10.8 Å². The third kappa shape index (κ3) is 4.83. The van der Waals surface area contributed by atoms with Crippen molar-refractivity contribution in [3.63, 3.8) is 0 Å². The number of nitrogens with one attached hydrogen (secondary N) is 1. The Morgan fingerprint density at radius 3 is 2.72 bits per heavy atom. The fourth-order valence-corrected chi connectivity index (χ4v) is 3.87. The minimum Gasteiger partial charge on any atom is -0.355 e. The number of aromatic nitrogens is 3. The lowest BCUT2D eigenvalue weighted by Gasteiger charge is -2.33. The van der Waals surface area contributed by atoms with Crippen LogP contribution in [0, 0.1) is 5.92 Å². The first kappa shape index (κ1) is 17.9. The molecule has 7 heteroatoms. The van der Waals surface area contributed by atoms with E-state index in [2.05, 4.69) is 39.0 Å². The molecule has 1 N–H and O–H groups in total. The highest BCUT2D eigenvalue weighted by Crippen LogP contribution is 2.20. The Balaban J connectivity index is 1.43. The average molecular weight is 359 g/mol. The first-order valence-corrected chi connectivity index (χ1v) is 9.75. The summed E-state index contributed by atoms with van der Waals surface area (Å²) in [4.78, 5) is 27.7. The number of thiazole rings is 1. The summed E-state index contributed by atoms with van der Waals surface area (Å²) in [7, 11) is 0.